The van der Waals surface area contributed by atoms with E-state index in [-0.39, 0.29) is 22.9 Å². The summed E-state index contributed by atoms with van der Waals surface area (Å²) in [6.07, 6.45) is 3.58. The second kappa shape index (κ2) is 9.88. The van der Waals surface area contributed by atoms with Gasteiger partial charge in [0.05, 0.1) is 17.4 Å². The van der Waals surface area contributed by atoms with Gasteiger partial charge >= 0.3 is 5.97 Å². The highest BCUT2D eigenvalue weighted by molar-refractivity contribution is 6.31. The van der Waals surface area contributed by atoms with Gasteiger partial charge in [-0.3, -0.25) is 14.3 Å². The van der Waals surface area contributed by atoms with Crippen LogP contribution in [0.2, 0.25) is 5.02 Å². The molecule has 0 aliphatic heterocycles. The van der Waals surface area contributed by atoms with Gasteiger partial charge in [-0.25, -0.2) is 4.79 Å². The van der Waals surface area contributed by atoms with Gasteiger partial charge in [-0.05, 0) is 35.9 Å². The lowest BCUT2D eigenvalue weighted by molar-refractivity contribution is -0.125. The minimum Gasteiger partial charge on any atom is -0.478 e. The van der Waals surface area contributed by atoms with E-state index in [4.69, 9.17) is 16.3 Å². The summed E-state index contributed by atoms with van der Waals surface area (Å²) in [6.45, 7) is -0.776. The van der Waals surface area contributed by atoms with E-state index in [1.807, 2.05) is 19.3 Å². The van der Waals surface area contributed by atoms with Crippen molar-refractivity contribution in [2.45, 2.75) is 0 Å². The van der Waals surface area contributed by atoms with Gasteiger partial charge in [0, 0.05) is 29.5 Å². The molecule has 0 fully saturated rings. The SMILES string of the molecule is Cn1cc(-c2cccc(NC(=O)COCC(=O)Nc3ccc(Cl)cc3C(=O)O)c2)cn1. The number of aromatic carboxylic acids is 1. The number of hydrogen-bond acceptors (Lipinski definition) is 5. The van der Waals surface area contributed by atoms with E-state index >= 15 is 0 Å². The molecule has 0 spiro atoms. The van der Waals surface area contributed by atoms with Crippen LogP contribution in [0.1, 0.15) is 10.4 Å². The first-order valence-corrected chi connectivity index (χ1v) is 9.49. The highest BCUT2D eigenvalue weighted by atomic mass is 35.5. The van der Waals surface area contributed by atoms with Crippen molar-refractivity contribution in [1.82, 2.24) is 9.78 Å². The maximum atomic E-state index is 12.1. The molecule has 3 N–H and O–H groups in total. The van der Waals surface area contributed by atoms with Crippen molar-refractivity contribution < 1.29 is 24.2 Å². The second-order valence-electron chi connectivity index (χ2n) is 6.57. The molecular formula is C21H19ClN4O5. The summed E-state index contributed by atoms with van der Waals surface area (Å²) in [7, 11) is 1.82. The second-order valence-corrected chi connectivity index (χ2v) is 7.00. The van der Waals surface area contributed by atoms with Gasteiger partial charge < -0.3 is 20.5 Å². The van der Waals surface area contributed by atoms with Crippen LogP contribution in [0.4, 0.5) is 11.4 Å². The van der Waals surface area contributed by atoms with Gasteiger partial charge in [-0.2, -0.15) is 5.10 Å². The molecule has 0 aliphatic carbocycles. The Hall–Kier alpha value is -3.69. The van der Waals surface area contributed by atoms with Crippen LogP contribution < -0.4 is 10.6 Å². The van der Waals surface area contributed by atoms with Gasteiger partial charge in [0.2, 0.25) is 11.8 Å². The monoisotopic (exact) mass is 442 g/mol. The molecular weight excluding hydrogens is 424 g/mol. The highest BCUT2D eigenvalue weighted by Gasteiger charge is 2.14. The maximum absolute atomic E-state index is 12.1. The number of anilines is 2. The average molecular weight is 443 g/mol. The molecule has 0 atom stereocenters. The lowest BCUT2D eigenvalue weighted by Crippen LogP contribution is -2.24. The fourth-order valence-electron chi connectivity index (χ4n) is 2.77. The predicted molar refractivity (Wildman–Crippen MR) is 115 cm³/mol. The summed E-state index contributed by atoms with van der Waals surface area (Å²) >= 11 is 5.78. The van der Waals surface area contributed by atoms with E-state index in [9.17, 15) is 19.5 Å². The summed E-state index contributed by atoms with van der Waals surface area (Å²) in [6, 6.07) is 11.3. The fourth-order valence-corrected chi connectivity index (χ4v) is 2.94. The average Bonchev–Trinajstić information content (AvgIpc) is 3.16. The smallest absolute Gasteiger partial charge is 0.337 e. The Morgan fingerprint density at radius 1 is 1.06 bits per heavy atom. The number of ether oxygens (including phenoxy) is 1. The zero-order valence-corrected chi connectivity index (χ0v) is 17.2. The Bertz CT molecular complexity index is 1130. The largest absolute Gasteiger partial charge is 0.478 e. The van der Waals surface area contributed by atoms with Crippen molar-refractivity contribution in [3.8, 4) is 11.1 Å². The summed E-state index contributed by atoms with van der Waals surface area (Å²) in [4.78, 5) is 35.4. The molecule has 0 aliphatic rings. The topological polar surface area (TPSA) is 123 Å². The highest BCUT2D eigenvalue weighted by Crippen LogP contribution is 2.22. The molecule has 0 saturated carbocycles. The van der Waals surface area contributed by atoms with Crippen LogP contribution in [-0.4, -0.2) is 45.9 Å². The van der Waals surface area contributed by atoms with E-state index < -0.39 is 24.4 Å². The van der Waals surface area contributed by atoms with Crippen LogP contribution in [0.5, 0.6) is 0 Å². The molecule has 1 aromatic heterocycles. The molecule has 2 aromatic carbocycles. The number of nitrogens with zero attached hydrogens (tertiary/aromatic N) is 2. The normalized spacial score (nSPS) is 10.5. The van der Waals surface area contributed by atoms with E-state index in [1.165, 1.54) is 18.2 Å². The number of carbonyl (C=O) groups excluding carboxylic acids is 2. The maximum Gasteiger partial charge on any atom is 0.337 e. The van der Waals surface area contributed by atoms with Gasteiger partial charge in [0.25, 0.3) is 0 Å². The van der Waals surface area contributed by atoms with Crippen LogP contribution in [0.15, 0.2) is 54.9 Å². The summed E-state index contributed by atoms with van der Waals surface area (Å²) in [5.41, 5.74) is 2.32. The Labute approximate surface area is 182 Å². The molecule has 0 radical (unpaired) electrons. The number of amides is 2. The van der Waals surface area contributed by atoms with Gasteiger partial charge in [-0.1, -0.05) is 23.7 Å². The lowest BCUT2D eigenvalue weighted by Gasteiger charge is -2.10. The number of aryl methyl sites for hydroxylation is 1. The van der Waals surface area contributed by atoms with Gasteiger partial charge in [0.1, 0.15) is 13.2 Å². The molecule has 3 rings (SSSR count). The van der Waals surface area contributed by atoms with Crippen molar-refractivity contribution in [3.05, 3.63) is 65.4 Å². The Morgan fingerprint density at radius 3 is 2.48 bits per heavy atom. The number of rotatable bonds is 8. The number of carboxylic acids is 1. The van der Waals surface area contributed by atoms with Crippen molar-refractivity contribution in [2.24, 2.45) is 7.05 Å². The van der Waals surface area contributed by atoms with Gasteiger partial charge in [-0.15, -0.1) is 0 Å². The van der Waals surface area contributed by atoms with Crippen molar-refractivity contribution >= 4 is 40.8 Å². The number of aromatic nitrogens is 2. The molecule has 2 amide bonds. The standard InChI is InChI=1S/C21H19ClN4O5/c1-26-10-14(9-23-26)13-3-2-4-16(7-13)24-19(27)11-31-12-20(28)25-18-6-5-15(22)8-17(18)21(29)30/h2-10H,11-12H2,1H3,(H,24,27)(H,25,28)(H,29,30). The van der Waals surface area contributed by atoms with E-state index in [0.29, 0.717) is 5.69 Å². The summed E-state index contributed by atoms with van der Waals surface area (Å²) < 4.78 is 6.82. The molecule has 0 unspecified atom stereocenters. The van der Waals surface area contributed by atoms with Crippen molar-refractivity contribution in [3.63, 3.8) is 0 Å². The zero-order valence-electron chi connectivity index (χ0n) is 16.5. The van der Waals surface area contributed by atoms with E-state index in [0.717, 1.165) is 11.1 Å². The van der Waals surface area contributed by atoms with Crippen LogP contribution in [0.25, 0.3) is 11.1 Å². The quantitative estimate of drug-likeness (QED) is 0.492. The van der Waals surface area contributed by atoms with Crippen LogP contribution in [0, 0.1) is 0 Å². The molecule has 160 valence electrons. The van der Waals surface area contributed by atoms with Crippen molar-refractivity contribution in [1.29, 1.82) is 0 Å². The van der Waals surface area contributed by atoms with Crippen LogP contribution in [-0.2, 0) is 21.4 Å². The van der Waals surface area contributed by atoms with E-state index in [1.54, 1.807) is 29.1 Å². The van der Waals surface area contributed by atoms with Crippen molar-refractivity contribution in [2.75, 3.05) is 23.8 Å². The van der Waals surface area contributed by atoms with Crippen LogP contribution in [0.3, 0.4) is 0 Å². The predicted octanol–water partition coefficient (Wildman–Crippen LogP) is 3.03. The summed E-state index contributed by atoms with van der Waals surface area (Å²) in [5.74, 6) is -2.27. The number of nitrogens with one attached hydrogen (secondary N) is 2. The Balaban J connectivity index is 1.50. The third-order valence-corrected chi connectivity index (χ3v) is 4.37. The number of carbonyl (C=O) groups is 3. The van der Waals surface area contributed by atoms with Crippen LogP contribution >= 0.6 is 11.6 Å². The first kappa shape index (κ1) is 22.0. The first-order chi connectivity index (χ1) is 14.8. The molecule has 3 aromatic rings. The first-order valence-electron chi connectivity index (χ1n) is 9.11. The molecule has 9 nitrogen and oxygen atoms in total. The third kappa shape index (κ3) is 6.14. The number of halogens is 1. The lowest BCUT2D eigenvalue weighted by atomic mass is 10.1. The number of hydrogen-bond donors (Lipinski definition) is 3. The Kier molecular flexibility index (Phi) is 7.01. The molecule has 0 bridgehead atoms. The molecule has 31 heavy (non-hydrogen) atoms. The molecule has 1 heterocycles. The zero-order chi connectivity index (χ0) is 22.4. The Morgan fingerprint density at radius 2 is 1.81 bits per heavy atom. The van der Waals surface area contributed by atoms with E-state index in [2.05, 4.69) is 15.7 Å². The molecule has 10 heteroatoms. The minimum absolute atomic E-state index is 0.0853. The number of carboxylic acid groups (broad SMARTS) is 1. The molecule has 0 saturated heterocycles. The van der Waals surface area contributed by atoms with Gasteiger partial charge in [0.15, 0.2) is 0 Å². The summed E-state index contributed by atoms with van der Waals surface area (Å²) in [5, 5.41) is 18.7. The number of benzene rings is 2. The third-order valence-electron chi connectivity index (χ3n) is 4.14. The fraction of sp³-hybridized carbons (Fsp3) is 0.143. The minimum atomic E-state index is -1.23.